The molecule has 1 aromatic heterocycles. The molecule has 1 aromatic rings. The van der Waals surface area contributed by atoms with E-state index in [-0.39, 0.29) is 0 Å². The van der Waals surface area contributed by atoms with Crippen molar-refractivity contribution < 1.29 is 9.84 Å². The Kier molecular flexibility index (Phi) is 5.61. The highest BCUT2D eigenvalue weighted by Gasteiger charge is 2.04. The maximum absolute atomic E-state index is 9.18. The maximum Gasteiger partial charge on any atom is 0.158 e. The first kappa shape index (κ1) is 13.6. The topological polar surface area (TPSA) is 105 Å². The van der Waals surface area contributed by atoms with Gasteiger partial charge < -0.3 is 20.6 Å². The van der Waals surface area contributed by atoms with Crippen molar-refractivity contribution in [3.63, 3.8) is 0 Å². The monoisotopic (exact) mass is 241 g/mol. The van der Waals surface area contributed by atoms with E-state index in [0.717, 1.165) is 0 Å². The van der Waals surface area contributed by atoms with Gasteiger partial charge in [0.2, 0.25) is 0 Å². The summed E-state index contributed by atoms with van der Waals surface area (Å²) in [5.41, 5.74) is 2.46. The molecule has 7 heteroatoms. The summed E-state index contributed by atoms with van der Waals surface area (Å²) in [5, 5.41) is 12.2. The SMILES string of the molecule is CCOCc1nc(NN)cc(NCC(C)O)n1. The van der Waals surface area contributed by atoms with Crippen molar-refractivity contribution in [2.75, 3.05) is 23.9 Å². The number of hydrogen-bond acceptors (Lipinski definition) is 7. The number of ether oxygens (including phenoxy) is 1. The van der Waals surface area contributed by atoms with Crippen molar-refractivity contribution in [2.45, 2.75) is 26.6 Å². The lowest BCUT2D eigenvalue weighted by atomic mass is 10.4. The molecule has 0 saturated carbocycles. The molecule has 17 heavy (non-hydrogen) atoms. The lowest BCUT2D eigenvalue weighted by molar-refractivity contribution is 0.128. The Morgan fingerprint density at radius 2 is 2.18 bits per heavy atom. The van der Waals surface area contributed by atoms with Crippen molar-refractivity contribution in [3.8, 4) is 0 Å². The van der Waals surface area contributed by atoms with Crippen LogP contribution in [0.3, 0.4) is 0 Å². The highest BCUT2D eigenvalue weighted by molar-refractivity contribution is 5.46. The van der Waals surface area contributed by atoms with Crippen molar-refractivity contribution in [2.24, 2.45) is 5.84 Å². The van der Waals surface area contributed by atoms with Gasteiger partial charge in [-0.2, -0.15) is 0 Å². The Balaban J connectivity index is 2.73. The van der Waals surface area contributed by atoms with Crippen LogP contribution in [0.4, 0.5) is 11.6 Å². The summed E-state index contributed by atoms with van der Waals surface area (Å²) >= 11 is 0. The molecule has 0 fully saturated rings. The molecule has 5 N–H and O–H groups in total. The van der Waals surface area contributed by atoms with Crippen LogP contribution in [0.15, 0.2) is 6.07 Å². The third-order valence-corrected chi connectivity index (χ3v) is 1.93. The fourth-order valence-corrected chi connectivity index (χ4v) is 1.17. The number of aromatic nitrogens is 2. The number of nitrogens with zero attached hydrogens (tertiary/aromatic N) is 2. The van der Waals surface area contributed by atoms with E-state index in [1.54, 1.807) is 13.0 Å². The van der Waals surface area contributed by atoms with Crippen molar-refractivity contribution >= 4 is 11.6 Å². The van der Waals surface area contributed by atoms with Crippen LogP contribution in [0.25, 0.3) is 0 Å². The van der Waals surface area contributed by atoms with Gasteiger partial charge in [-0.15, -0.1) is 0 Å². The van der Waals surface area contributed by atoms with Gasteiger partial charge >= 0.3 is 0 Å². The third kappa shape index (κ3) is 4.94. The predicted octanol–water partition coefficient (Wildman–Crippen LogP) is 0.0914. The molecule has 0 aliphatic rings. The second-order valence-electron chi connectivity index (χ2n) is 3.57. The van der Waals surface area contributed by atoms with E-state index in [2.05, 4.69) is 20.7 Å². The number of nitrogens with two attached hydrogens (primary N) is 1. The first-order chi connectivity index (χ1) is 8.15. The van der Waals surface area contributed by atoms with E-state index in [9.17, 15) is 5.11 Å². The zero-order valence-electron chi connectivity index (χ0n) is 10.1. The first-order valence-corrected chi connectivity index (χ1v) is 5.50. The van der Waals surface area contributed by atoms with Crippen LogP contribution in [-0.2, 0) is 11.3 Å². The van der Waals surface area contributed by atoms with E-state index in [1.165, 1.54) is 0 Å². The van der Waals surface area contributed by atoms with Gasteiger partial charge in [0, 0.05) is 19.2 Å². The lowest BCUT2D eigenvalue weighted by Crippen LogP contribution is -2.18. The second kappa shape index (κ2) is 7.00. The Morgan fingerprint density at radius 3 is 2.76 bits per heavy atom. The molecule has 0 amide bonds. The summed E-state index contributed by atoms with van der Waals surface area (Å²) in [6.45, 7) is 4.93. The largest absolute Gasteiger partial charge is 0.392 e. The van der Waals surface area contributed by atoms with Gasteiger partial charge in [0.1, 0.15) is 18.2 Å². The highest BCUT2D eigenvalue weighted by Crippen LogP contribution is 2.11. The molecule has 96 valence electrons. The van der Waals surface area contributed by atoms with Gasteiger partial charge in [-0.3, -0.25) is 0 Å². The van der Waals surface area contributed by atoms with Crippen LogP contribution in [0.1, 0.15) is 19.7 Å². The minimum absolute atomic E-state index is 0.329. The van der Waals surface area contributed by atoms with Crippen LogP contribution in [0, 0.1) is 0 Å². The minimum Gasteiger partial charge on any atom is -0.392 e. The molecule has 0 bridgehead atoms. The number of nitrogens with one attached hydrogen (secondary N) is 2. The summed E-state index contributed by atoms with van der Waals surface area (Å²) in [4.78, 5) is 8.38. The van der Waals surface area contributed by atoms with Crippen molar-refractivity contribution in [1.29, 1.82) is 0 Å². The van der Waals surface area contributed by atoms with Crippen molar-refractivity contribution in [1.82, 2.24) is 9.97 Å². The van der Waals surface area contributed by atoms with Gasteiger partial charge in [0.15, 0.2) is 5.82 Å². The van der Waals surface area contributed by atoms with Crippen LogP contribution in [0.5, 0.6) is 0 Å². The second-order valence-corrected chi connectivity index (χ2v) is 3.57. The molecular weight excluding hydrogens is 222 g/mol. The summed E-state index contributed by atoms with van der Waals surface area (Å²) in [6.07, 6.45) is -0.449. The van der Waals surface area contributed by atoms with E-state index in [1.807, 2.05) is 6.92 Å². The summed E-state index contributed by atoms with van der Waals surface area (Å²) in [7, 11) is 0. The van der Waals surface area contributed by atoms with Gasteiger partial charge in [-0.05, 0) is 13.8 Å². The third-order valence-electron chi connectivity index (χ3n) is 1.93. The van der Waals surface area contributed by atoms with Crippen molar-refractivity contribution in [3.05, 3.63) is 11.9 Å². The van der Waals surface area contributed by atoms with E-state index < -0.39 is 6.10 Å². The van der Waals surface area contributed by atoms with Crippen LogP contribution in [0.2, 0.25) is 0 Å². The van der Waals surface area contributed by atoms with Gasteiger partial charge in [-0.1, -0.05) is 0 Å². The van der Waals surface area contributed by atoms with E-state index >= 15 is 0 Å². The quantitative estimate of drug-likeness (QED) is 0.396. The molecule has 7 nitrogen and oxygen atoms in total. The summed E-state index contributed by atoms with van der Waals surface area (Å²) in [6, 6.07) is 1.66. The number of anilines is 2. The van der Waals surface area contributed by atoms with Crippen LogP contribution < -0.4 is 16.6 Å². The molecular formula is C10H19N5O2. The maximum atomic E-state index is 9.18. The van der Waals surface area contributed by atoms with Gasteiger partial charge in [-0.25, -0.2) is 15.8 Å². The molecule has 1 atom stereocenters. The number of hydrogen-bond donors (Lipinski definition) is 4. The highest BCUT2D eigenvalue weighted by atomic mass is 16.5. The fraction of sp³-hybridized carbons (Fsp3) is 0.600. The normalized spacial score (nSPS) is 12.2. The van der Waals surface area contributed by atoms with Crippen LogP contribution in [-0.4, -0.2) is 34.3 Å². The Morgan fingerprint density at radius 1 is 1.47 bits per heavy atom. The average molecular weight is 241 g/mol. The standard InChI is InChI=1S/C10H19N5O2/c1-3-17-6-10-13-8(12-5-7(2)16)4-9(14-10)15-11/h4,7,16H,3,5-6,11H2,1-2H3,(H2,12,13,14,15). The molecule has 0 aliphatic carbocycles. The Hall–Kier alpha value is -1.44. The molecule has 1 rings (SSSR count). The number of aliphatic hydroxyl groups is 1. The smallest absolute Gasteiger partial charge is 0.158 e. The summed E-state index contributed by atoms with van der Waals surface area (Å²) < 4.78 is 5.23. The first-order valence-electron chi connectivity index (χ1n) is 5.50. The molecule has 0 radical (unpaired) electrons. The molecule has 0 saturated heterocycles. The average Bonchev–Trinajstić information content (AvgIpc) is 2.33. The van der Waals surface area contributed by atoms with E-state index in [0.29, 0.717) is 37.2 Å². The zero-order valence-corrected chi connectivity index (χ0v) is 10.1. The Labute approximate surface area is 100 Å². The molecule has 0 spiro atoms. The molecule has 1 heterocycles. The van der Waals surface area contributed by atoms with Gasteiger partial charge in [0.25, 0.3) is 0 Å². The number of nitrogen functional groups attached to an aromatic ring is 1. The molecule has 1 unspecified atom stereocenters. The Bertz CT molecular complexity index is 345. The number of rotatable bonds is 7. The fourth-order valence-electron chi connectivity index (χ4n) is 1.17. The molecule has 0 aliphatic heterocycles. The number of hydrazine groups is 1. The van der Waals surface area contributed by atoms with E-state index in [4.69, 9.17) is 10.6 Å². The summed E-state index contributed by atoms with van der Waals surface area (Å²) in [5.74, 6) is 6.95. The van der Waals surface area contributed by atoms with Crippen LogP contribution >= 0.6 is 0 Å². The number of aliphatic hydroxyl groups excluding tert-OH is 1. The minimum atomic E-state index is -0.449. The molecule has 0 aromatic carbocycles. The lowest BCUT2D eigenvalue weighted by Gasteiger charge is -2.10. The zero-order chi connectivity index (χ0) is 12.7. The predicted molar refractivity (Wildman–Crippen MR) is 65.3 cm³/mol. The van der Waals surface area contributed by atoms with Gasteiger partial charge in [0.05, 0.1) is 6.10 Å².